The van der Waals surface area contributed by atoms with E-state index in [0.29, 0.717) is 0 Å². The van der Waals surface area contributed by atoms with Crippen molar-refractivity contribution in [3.63, 3.8) is 0 Å². The van der Waals surface area contributed by atoms with Gasteiger partial charge in [0, 0.05) is 39.3 Å². The topological polar surface area (TPSA) is 6.48 Å². The van der Waals surface area contributed by atoms with Crippen LogP contribution in [0.5, 0.6) is 0 Å². The van der Waals surface area contributed by atoms with E-state index < -0.39 is 0 Å². The molecule has 22 heavy (non-hydrogen) atoms. The average molecular weight is 296 g/mol. The van der Waals surface area contributed by atoms with Crippen LogP contribution in [-0.2, 0) is 0 Å². The lowest BCUT2D eigenvalue weighted by molar-refractivity contribution is 0.124. The van der Waals surface area contributed by atoms with Crippen LogP contribution in [0.4, 0.5) is 0 Å². The fraction of sp³-hybridized carbons (Fsp3) is 0.500. The van der Waals surface area contributed by atoms with Gasteiger partial charge in [0.2, 0.25) is 0 Å². The van der Waals surface area contributed by atoms with E-state index in [1.165, 1.54) is 57.5 Å². The van der Waals surface area contributed by atoms with Crippen molar-refractivity contribution in [3.05, 3.63) is 54.1 Å². The highest BCUT2D eigenvalue weighted by atomic mass is 15.3. The van der Waals surface area contributed by atoms with Crippen LogP contribution in [0, 0.1) is 5.92 Å². The summed E-state index contributed by atoms with van der Waals surface area (Å²) in [5.41, 5.74) is 1.30. The second-order valence-corrected chi connectivity index (χ2v) is 6.56. The van der Waals surface area contributed by atoms with Crippen molar-refractivity contribution in [1.82, 2.24) is 9.80 Å². The quantitative estimate of drug-likeness (QED) is 0.765. The molecule has 0 saturated carbocycles. The largest absolute Gasteiger partial charge is 0.301 e. The van der Waals surface area contributed by atoms with Gasteiger partial charge in [0.05, 0.1) is 0 Å². The third-order valence-corrected chi connectivity index (χ3v) is 4.83. The highest BCUT2D eigenvalue weighted by Crippen LogP contribution is 2.19. The number of benzene rings is 1. The minimum atomic E-state index is 0.898. The maximum Gasteiger partial charge on any atom is 0.0167 e. The van der Waals surface area contributed by atoms with Gasteiger partial charge in [0.1, 0.15) is 0 Å². The van der Waals surface area contributed by atoms with E-state index in [0.717, 1.165) is 12.5 Å². The average Bonchev–Trinajstić information content (AvgIpc) is 2.58. The number of rotatable bonds is 5. The minimum absolute atomic E-state index is 0.898. The Kier molecular flexibility index (Phi) is 5.86. The molecule has 118 valence electrons. The summed E-state index contributed by atoms with van der Waals surface area (Å²) < 4.78 is 0. The number of nitrogens with zero attached hydrogens (tertiary/aromatic N) is 2. The van der Waals surface area contributed by atoms with Gasteiger partial charge in [0.25, 0.3) is 0 Å². The SMILES string of the molecule is C1=CCC(CN2CCN(C/C=C/c3ccccc3)CC2)CC1. The summed E-state index contributed by atoms with van der Waals surface area (Å²) in [6, 6.07) is 10.6. The molecule has 0 spiro atoms. The molecule has 1 aliphatic carbocycles. The fourth-order valence-electron chi connectivity index (χ4n) is 3.44. The molecule has 1 atom stereocenters. The first-order valence-corrected chi connectivity index (χ1v) is 8.71. The van der Waals surface area contributed by atoms with Crippen molar-refractivity contribution in [2.24, 2.45) is 5.92 Å². The van der Waals surface area contributed by atoms with E-state index in [2.05, 4.69) is 64.4 Å². The van der Waals surface area contributed by atoms with Crippen LogP contribution in [0.1, 0.15) is 24.8 Å². The van der Waals surface area contributed by atoms with Crippen LogP contribution in [0.3, 0.4) is 0 Å². The minimum Gasteiger partial charge on any atom is -0.301 e. The van der Waals surface area contributed by atoms with Gasteiger partial charge in [-0.25, -0.2) is 0 Å². The Bertz CT molecular complexity index is 484. The van der Waals surface area contributed by atoms with Gasteiger partial charge < -0.3 is 4.90 Å². The van der Waals surface area contributed by atoms with Gasteiger partial charge in [-0.2, -0.15) is 0 Å². The normalized spacial score (nSPS) is 24.1. The third kappa shape index (κ3) is 4.82. The Balaban J connectivity index is 1.36. The molecule has 1 heterocycles. The van der Waals surface area contributed by atoms with Crippen LogP contribution >= 0.6 is 0 Å². The van der Waals surface area contributed by atoms with E-state index in [1.807, 2.05) is 0 Å². The predicted molar refractivity (Wildman–Crippen MR) is 94.8 cm³/mol. The van der Waals surface area contributed by atoms with E-state index >= 15 is 0 Å². The maximum absolute atomic E-state index is 2.67. The Morgan fingerprint density at radius 3 is 2.45 bits per heavy atom. The summed E-state index contributed by atoms with van der Waals surface area (Å²) in [6.07, 6.45) is 13.2. The molecule has 0 radical (unpaired) electrons. The van der Waals surface area contributed by atoms with Gasteiger partial charge in [-0.05, 0) is 30.7 Å². The van der Waals surface area contributed by atoms with E-state index in [9.17, 15) is 0 Å². The molecule has 0 aromatic heterocycles. The van der Waals surface area contributed by atoms with E-state index in [-0.39, 0.29) is 0 Å². The third-order valence-electron chi connectivity index (χ3n) is 4.83. The number of hydrogen-bond donors (Lipinski definition) is 0. The zero-order chi connectivity index (χ0) is 15.0. The van der Waals surface area contributed by atoms with Crippen molar-refractivity contribution < 1.29 is 0 Å². The molecular formula is C20H28N2. The molecule has 0 bridgehead atoms. The van der Waals surface area contributed by atoms with Crippen molar-refractivity contribution in [2.75, 3.05) is 39.3 Å². The first-order valence-electron chi connectivity index (χ1n) is 8.71. The second-order valence-electron chi connectivity index (χ2n) is 6.56. The van der Waals surface area contributed by atoms with Gasteiger partial charge in [-0.3, -0.25) is 4.90 Å². The van der Waals surface area contributed by atoms with Crippen molar-refractivity contribution in [3.8, 4) is 0 Å². The predicted octanol–water partition coefficient (Wildman–Crippen LogP) is 3.67. The molecule has 3 rings (SSSR count). The summed E-state index contributed by atoms with van der Waals surface area (Å²) in [6.45, 7) is 7.27. The van der Waals surface area contributed by atoms with Crippen LogP contribution in [0.25, 0.3) is 6.08 Å². The zero-order valence-corrected chi connectivity index (χ0v) is 13.5. The monoisotopic (exact) mass is 296 g/mol. The molecule has 1 fully saturated rings. The smallest absolute Gasteiger partial charge is 0.0167 e. The Morgan fingerprint density at radius 2 is 1.73 bits per heavy atom. The summed E-state index contributed by atoms with van der Waals surface area (Å²) in [4.78, 5) is 5.23. The highest BCUT2D eigenvalue weighted by molar-refractivity contribution is 5.48. The molecule has 1 aromatic rings. The van der Waals surface area contributed by atoms with Crippen molar-refractivity contribution in [2.45, 2.75) is 19.3 Å². The lowest BCUT2D eigenvalue weighted by atomic mass is 9.94. The Morgan fingerprint density at radius 1 is 0.955 bits per heavy atom. The standard InChI is InChI=1S/C20H28N2/c1-3-8-19(9-4-1)12-7-13-21-14-16-22(17-15-21)18-20-10-5-2-6-11-20/h1-5,7-9,12,20H,6,10-11,13-18H2/b12-7+. The summed E-state index contributed by atoms with van der Waals surface area (Å²) in [5.74, 6) is 0.898. The van der Waals surface area contributed by atoms with Gasteiger partial charge in [-0.1, -0.05) is 54.6 Å². The fourth-order valence-corrected chi connectivity index (χ4v) is 3.44. The lowest BCUT2D eigenvalue weighted by Gasteiger charge is -2.36. The maximum atomic E-state index is 2.67. The number of piperazine rings is 1. The zero-order valence-electron chi connectivity index (χ0n) is 13.5. The molecule has 1 aliphatic heterocycles. The van der Waals surface area contributed by atoms with Crippen LogP contribution < -0.4 is 0 Å². The summed E-state index contributed by atoms with van der Waals surface area (Å²) in [5, 5.41) is 0. The molecule has 1 aromatic carbocycles. The first kappa shape index (κ1) is 15.5. The molecule has 1 unspecified atom stereocenters. The van der Waals surface area contributed by atoms with E-state index in [1.54, 1.807) is 0 Å². The lowest BCUT2D eigenvalue weighted by Crippen LogP contribution is -2.47. The second kappa shape index (κ2) is 8.30. The first-order chi connectivity index (χ1) is 10.9. The van der Waals surface area contributed by atoms with Crippen molar-refractivity contribution >= 4 is 6.08 Å². The Hall–Kier alpha value is -1.38. The van der Waals surface area contributed by atoms with Crippen LogP contribution in [0.2, 0.25) is 0 Å². The van der Waals surface area contributed by atoms with Gasteiger partial charge in [0.15, 0.2) is 0 Å². The molecule has 2 aliphatic rings. The van der Waals surface area contributed by atoms with Gasteiger partial charge in [-0.15, -0.1) is 0 Å². The highest BCUT2D eigenvalue weighted by Gasteiger charge is 2.19. The van der Waals surface area contributed by atoms with Gasteiger partial charge >= 0.3 is 0 Å². The Labute approximate surface area is 135 Å². The molecule has 0 amide bonds. The molecule has 0 N–H and O–H groups in total. The molecular weight excluding hydrogens is 268 g/mol. The molecule has 2 nitrogen and oxygen atoms in total. The molecule has 1 saturated heterocycles. The van der Waals surface area contributed by atoms with Crippen LogP contribution in [0.15, 0.2) is 48.6 Å². The summed E-state index contributed by atoms with van der Waals surface area (Å²) in [7, 11) is 0. The van der Waals surface area contributed by atoms with Crippen LogP contribution in [-0.4, -0.2) is 49.1 Å². The number of allylic oxidation sites excluding steroid dienone is 2. The van der Waals surface area contributed by atoms with E-state index in [4.69, 9.17) is 0 Å². The van der Waals surface area contributed by atoms with Crippen molar-refractivity contribution in [1.29, 1.82) is 0 Å². The summed E-state index contributed by atoms with van der Waals surface area (Å²) >= 11 is 0. The number of hydrogen-bond acceptors (Lipinski definition) is 2. The molecule has 2 heteroatoms.